The normalized spacial score (nSPS) is 11.2. The van der Waals surface area contributed by atoms with Crippen molar-refractivity contribution in [3.05, 3.63) is 23.8 Å². The number of hydrogen-bond acceptors (Lipinski definition) is 6. The first-order valence-electron chi connectivity index (χ1n) is 6.75. The lowest BCUT2D eigenvalue weighted by Crippen LogP contribution is -2.27. The second-order valence-electron chi connectivity index (χ2n) is 4.38. The molecule has 0 aliphatic carbocycles. The molecular weight excluding hydrogens is 310 g/mol. The van der Waals surface area contributed by atoms with Crippen molar-refractivity contribution in [3.63, 3.8) is 0 Å². The van der Waals surface area contributed by atoms with Crippen LogP contribution in [0.1, 0.15) is 12.5 Å². The molecule has 1 aromatic carbocycles. The number of hydrogen-bond donors (Lipinski definition) is 1. The summed E-state index contributed by atoms with van der Waals surface area (Å²) in [7, 11) is -0.826. The molecule has 0 atom stereocenters. The van der Waals surface area contributed by atoms with Crippen molar-refractivity contribution in [3.8, 4) is 5.75 Å². The molecule has 0 aromatic heterocycles. The zero-order valence-corrected chi connectivity index (χ0v) is 13.7. The summed E-state index contributed by atoms with van der Waals surface area (Å²) in [5.74, 6) is -0.0382. The third-order valence-corrected chi connectivity index (χ3v) is 4.35. The fourth-order valence-corrected chi connectivity index (χ4v) is 2.76. The van der Waals surface area contributed by atoms with Crippen molar-refractivity contribution in [1.82, 2.24) is 4.72 Å². The van der Waals surface area contributed by atoms with E-state index in [2.05, 4.69) is 9.46 Å². The van der Waals surface area contributed by atoms with Gasteiger partial charge in [0.05, 0.1) is 18.6 Å². The van der Waals surface area contributed by atoms with Crippen LogP contribution in [-0.2, 0) is 30.7 Å². The van der Waals surface area contributed by atoms with Gasteiger partial charge in [-0.05, 0) is 30.2 Å². The highest BCUT2D eigenvalue weighted by atomic mass is 32.2. The Kier molecular flexibility index (Phi) is 7.30. The van der Waals surface area contributed by atoms with Gasteiger partial charge in [0.1, 0.15) is 5.75 Å². The summed E-state index contributed by atoms with van der Waals surface area (Å²) in [6, 6.07) is 4.50. The van der Waals surface area contributed by atoms with Crippen LogP contribution in [0, 0.1) is 0 Å². The summed E-state index contributed by atoms with van der Waals surface area (Å²) in [4.78, 5) is 11.2. The van der Waals surface area contributed by atoms with E-state index in [-0.39, 0.29) is 18.0 Å². The first-order chi connectivity index (χ1) is 10.4. The Morgan fingerprint density at radius 3 is 2.59 bits per heavy atom. The Bertz CT molecular complexity index is 599. The number of esters is 1. The SMILES string of the molecule is CCc1cc(S(=O)(=O)NCCOC)ccc1OCC(=O)OC. The maximum atomic E-state index is 12.1. The number of rotatable bonds is 9. The Balaban J connectivity index is 2.89. The molecule has 0 saturated heterocycles. The molecule has 0 unspecified atom stereocenters. The molecule has 0 spiro atoms. The summed E-state index contributed by atoms with van der Waals surface area (Å²) in [5, 5.41) is 0. The zero-order chi connectivity index (χ0) is 16.6. The number of methoxy groups -OCH3 is 2. The van der Waals surface area contributed by atoms with Gasteiger partial charge < -0.3 is 14.2 Å². The molecule has 1 N–H and O–H groups in total. The highest BCUT2D eigenvalue weighted by molar-refractivity contribution is 7.89. The van der Waals surface area contributed by atoms with Gasteiger partial charge in [-0.3, -0.25) is 0 Å². The molecule has 7 nitrogen and oxygen atoms in total. The topological polar surface area (TPSA) is 90.9 Å². The molecular formula is C14H21NO6S. The van der Waals surface area contributed by atoms with Crippen LogP contribution in [0.15, 0.2) is 23.1 Å². The Hall–Kier alpha value is -1.64. The standard InChI is InChI=1S/C14H21NO6S/c1-4-11-9-12(22(17,18)15-7-8-19-2)5-6-13(11)21-10-14(16)20-3/h5-6,9,15H,4,7-8,10H2,1-3H3. The summed E-state index contributed by atoms with van der Waals surface area (Å²) in [5.41, 5.74) is 0.693. The van der Waals surface area contributed by atoms with Crippen molar-refractivity contribution in [2.75, 3.05) is 34.0 Å². The van der Waals surface area contributed by atoms with E-state index in [0.29, 0.717) is 24.3 Å². The summed E-state index contributed by atoms with van der Waals surface area (Å²) in [6.07, 6.45) is 0.567. The number of nitrogens with one attached hydrogen (secondary N) is 1. The average Bonchev–Trinajstić information content (AvgIpc) is 2.52. The minimum absolute atomic E-state index is 0.144. The van der Waals surface area contributed by atoms with Gasteiger partial charge in [-0.2, -0.15) is 0 Å². The largest absolute Gasteiger partial charge is 0.482 e. The van der Waals surface area contributed by atoms with E-state index >= 15 is 0 Å². The lowest BCUT2D eigenvalue weighted by molar-refractivity contribution is -0.142. The second-order valence-corrected chi connectivity index (χ2v) is 6.15. The molecule has 124 valence electrons. The van der Waals surface area contributed by atoms with Crippen molar-refractivity contribution < 1.29 is 27.4 Å². The zero-order valence-electron chi connectivity index (χ0n) is 12.9. The van der Waals surface area contributed by atoms with Gasteiger partial charge in [0, 0.05) is 13.7 Å². The quantitative estimate of drug-likeness (QED) is 0.530. The van der Waals surface area contributed by atoms with Gasteiger partial charge >= 0.3 is 5.97 Å². The number of ether oxygens (including phenoxy) is 3. The van der Waals surface area contributed by atoms with Crippen LogP contribution < -0.4 is 9.46 Å². The van der Waals surface area contributed by atoms with Crippen molar-refractivity contribution in [1.29, 1.82) is 0 Å². The Morgan fingerprint density at radius 1 is 1.27 bits per heavy atom. The molecule has 1 rings (SSSR count). The van der Waals surface area contributed by atoms with Gasteiger partial charge in [0.25, 0.3) is 0 Å². The number of aryl methyl sites for hydroxylation is 1. The first kappa shape index (κ1) is 18.4. The van der Waals surface area contributed by atoms with Gasteiger partial charge in [-0.25, -0.2) is 17.9 Å². The molecule has 0 aliphatic rings. The molecule has 22 heavy (non-hydrogen) atoms. The maximum Gasteiger partial charge on any atom is 0.343 e. The van der Waals surface area contributed by atoms with Crippen LogP contribution >= 0.6 is 0 Å². The lowest BCUT2D eigenvalue weighted by atomic mass is 10.1. The molecule has 0 heterocycles. The van der Waals surface area contributed by atoms with E-state index in [4.69, 9.17) is 9.47 Å². The number of benzene rings is 1. The van der Waals surface area contributed by atoms with E-state index in [1.54, 1.807) is 0 Å². The minimum Gasteiger partial charge on any atom is -0.482 e. The lowest BCUT2D eigenvalue weighted by Gasteiger charge is -2.12. The molecule has 0 saturated carbocycles. The molecule has 0 aliphatic heterocycles. The highest BCUT2D eigenvalue weighted by Crippen LogP contribution is 2.23. The highest BCUT2D eigenvalue weighted by Gasteiger charge is 2.16. The number of carbonyl (C=O) groups is 1. The van der Waals surface area contributed by atoms with E-state index < -0.39 is 16.0 Å². The van der Waals surface area contributed by atoms with Crippen molar-refractivity contribution in [2.45, 2.75) is 18.2 Å². The van der Waals surface area contributed by atoms with Crippen LogP contribution in [0.5, 0.6) is 5.75 Å². The third-order valence-electron chi connectivity index (χ3n) is 2.89. The van der Waals surface area contributed by atoms with Crippen LogP contribution in [0.2, 0.25) is 0 Å². The monoisotopic (exact) mass is 331 g/mol. The molecule has 8 heteroatoms. The van der Waals surface area contributed by atoms with E-state index in [0.717, 1.165) is 0 Å². The average molecular weight is 331 g/mol. The van der Waals surface area contributed by atoms with E-state index in [1.165, 1.54) is 32.4 Å². The van der Waals surface area contributed by atoms with Crippen LogP contribution in [-0.4, -0.2) is 48.4 Å². The van der Waals surface area contributed by atoms with E-state index in [1.807, 2.05) is 6.92 Å². The third kappa shape index (κ3) is 5.28. The number of carbonyl (C=O) groups excluding carboxylic acids is 1. The van der Waals surface area contributed by atoms with Crippen LogP contribution in [0.4, 0.5) is 0 Å². The first-order valence-corrected chi connectivity index (χ1v) is 8.24. The van der Waals surface area contributed by atoms with Crippen molar-refractivity contribution in [2.24, 2.45) is 0 Å². The fraction of sp³-hybridized carbons (Fsp3) is 0.500. The predicted octanol–water partition coefficient (Wildman–Crippen LogP) is 0.725. The van der Waals surface area contributed by atoms with Gasteiger partial charge in [-0.15, -0.1) is 0 Å². The molecule has 0 amide bonds. The molecule has 1 aromatic rings. The van der Waals surface area contributed by atoms with Gasteiger partial charge in [0.15, 0.2) is 6.61 Å². The van der Waals surface area contributed by atoms with Crippen LogP contribution in [0.3, 0.4) is 0 Å². The van der Waals surface area contributed by atoms with Crippen LogP contribution in [0.25, 0.3) is 0 Å². The van der Waals surface area contributed by atoms with Gasteiger partial charge in [0.2, 0.25) is 10.0 Å². The van der Waals surface area contributed by atoms with Crippen molar-refractivity contribution >= 4 is 16.0 Å². The minimum atomic E-state index is -3.59. The molecule has 0 radical (unpaired) electrons. The Morgan fingerprint density at radius 2 is 2.00 bits per heavy atom. The van der Waals surface area contributed by atoms with E-state index in [9.17, 15) is 13.2 Å². The summed E-state index contributed by atoms with van der Waals surface area (Å²) in [6.45, 7) is 2.14. The summed E-state index contributed by atoms with van der Waals surface area (Å²) < 4.78 is 41.3. The summed E-state index contributed by atoms with van der Waals surface area (Å²) >= 11 is 0. The Labute approximate surface area is 130 Å². The maximum absolute atomic E-state index is 12.1. The molecule has 0 fully saturated rings. The number of sulfonamides is 1. The smallest absolute Gasteiger partial charge is 0.343 e. The fourth-order valence-electron chi connectivity index (χ4n) is 1.70. The molecule has 0 bridgehead atoms. The van der Waals surface area contributed by atoms with Gasteiger partial charge in [-0.1, -0.05) is 6.92 Å². The predicted molar refractivity (Wildman–Crippen MR) is 80.4 cm³/mol. The second kappa shape index (κ2) is 8.72.